The van der Waals surface area contributed by atoms with Gasteiger partial charge in [-0.3, -0.25) is 4.98 Å². The molecule has 0 aliphatic rings. The molecule has 0 fully saturated rings. The van der Waals surface area contributed by atoms with Gasteiger partial charge in [-0.1, -0.05) is 15.9 Å². The summed E-state index contributed by atoms with van der Waals surface area (Å²) in [4.78, 5) is 3.87. The molecular formula is C15H16BrFN2. The van der Waals surface area contributed by atoms with Crippen LogP contribution in [0.1, 0.15) is 29.7 Å². The molecule has 1 aromatic carbocycles. The van der Waals surface area contributed by atoms with Crippen molar-refractivity contribution < 1.29 is 4.39 Å². The van der Waals surface area contributed by atoms with Gasteiger partial charge in [0.05, 0.1) is 12.2 Å². The first-order chi connectivity index (χ1) is 8.97. The Morgan fingerprint density at radius 2 is 1.79 bits per heavy atom. The zero-order valence-corrected chi connectivity index (χ0v) is 12.8. The molecule has 2 rings (SSSR count). The van der Waals surface area contributed by atoms with Crippen molar-refractivity contribution in [3.8, 4) is 0 Å². The Kier molecular flexibility index (Phi) is 4.20. The van der Waals surface area contributed by atoms with Crippen molar-refractivity contribution in [1.29, 1.82) is 0 Å². The van der Waals surface area contributed by atoms with E-state index in [4.69, 9.17) is 0 Å². The highest BCUT2D eigenvalue weighted by atomic mass is 79.9. The van der Waals surface area contributed by atoms with Gasteiger partial charge in [0.15, 0.2) is 0 Å². The van der Waals surface area contributed by atoms with Gasteiger partial charge in [-0.15, -0.1) is 0 Å². The quantitative estimate of drug-likeness (QED) is 0.880. The third kappa shape index (κ3) is 3.32. The summed E-state index contributed by atoms with van der Waals surface area (Å²) in [6.07, 6.45) is 2.89. The van der Waals surface area contributed by atoms with Crippen LogP contribution in [0.25, 0.3) is 0 Å². The summed E-state index contributed by atoms with van der Waals surface area (Å²) in [5.41, 5.74) is 4.20. The van der Waals surface area contributed by atoms with E-state index in [0.29, 0.717) is 0 Å². The van der Waals surface area contributed by atoms with Gasteiger partial charge in [-0.25, -0.2) is 4.39 Å². The Labute approximate surface area is 121 Å². The van der Waals surface area contributed by atoms with Crippen LogP contribution < -0.4 is 5.32 Å². The lowest BCUT2D eigenvalue weighted by atomic mass is 10.1. The molecule has 1 heterocycles. The predicted molar refractivity (Wildman–Crippen MR) is 79.8 cm³/mol. The molecule has 1 unspecified atom stereocenters. The SMILES string of the molecule is Cc1cc(NC(C)c2cncc(F)c2)cc(C)c1Br. The second-order valence-electron chi connectivity index (χ2n) is 4.73. The topological polar surface area (TPSA) is 24.9 Å². The van der Waals surface area contributed by atoms with Crippen LogP contribution in [-0.2, 0) is 0 Å². The number of anilines is 1. The van der Waals surface area contributed by atoms with Crippen molar-refractivity contribution in [3.05, 3.63) is 57.6 Å². The minimum atomic E-state index is -0.311. The van der Waals surface area contributed by atoms with Crippen LogP contribution in [0.5, 0.6) is 0 Å². The summed E-state index contributed by atoms with van der Waals surface area (Å²) in [7, 11) is 0. The molecule has 0 spiro atoms. The van der Waals surface area contributed by atoms with E-state index in [0.717, 1.165) is 15.7 Å². The molecule has 0 aliphatic heterocycles. The number of hydrogen-bond acceptors (Lipinski definition) is 2. The van der Waals surface area contributed by atoms with Gasteiger partial charge in [-0.05, 0) is 55.7 Å². The average molecular weight is 323 g/mol. The van der Waals surface area contributed by atoms with Crippen molar-refractivity contribution in [1.82, 2.24) is 4.98 Å². The third-order valence-electron chi connectivity index (χ3n) is 3.05. The van der Waals surface area contributed by atoms with E-state index >= 15 is 0 Å². The number of hydrogen-bond donors (Lipinski definition) is 1. The monoisotopic (exact) mass is 322 g/mol. The lowest BCUT2D eigenvalue weighted by molar-refractivity contribution is 0.616. The van der Waals surface area contributed by atoms with Crippen molar-refractivity contribution >= 4 is 21.6 Å². The van der Waals surface area contributed by atoms with Crippen LogP contribution >= 0.6 is 15.9 Å². The van der Waals surface area contributed by atoms with Gasteiger partial charge in [0, 0.05) is 16.4 Å². The first-order valence-electron chi connectivity index (χ1n) is 6.11. The van der Waals surface area contributed by atoms with Crippen molar-refractivity contribution in [2.75, 3.05) is 5.32 Å². The molecular weight excluding hydrogens is 307 g/mol. The molecule has 4 heteroatoms. The number of aryl methyl sites for hydroxylation is 2. The van der Waals surface area contributed by atoms with Crippen molar-refractivity contribution in [2.24, 2.45) is 0 Å². The lowest BCUT2D eigenvalue weighted by Gasteiger charge is -2.17. The molecule has 0 radical (unpaired) electrons. The Hall–Kier alpha value is -1.42. The molecule has 2 aromatic rings. The maximum Gasteiger partial charge on any atom is 0.141 e. The van der Waals surface area contributed by atoms with E-state index in [-0.39, 0.29) is 11.9 Å². The van der Waals surface area contributed by atoms with E-state index in [1.165, 1.54) is 23.4 Å². The number of halogens is 2. The Bertz CT molecular complexity index is 575. The normalized spacial score (nSPS) is 12.3. The van der Waals surface area contributed by atoms with E-state index in [1.807, 2.05) is 6.92 Å². The molecule has 1 N–H and O–H groups in total. The summed E-state index contributed by atoms with van der Waals surface area (Å²) in [6, 6.07) is 5.65. The fourth-order valence-electron chi connectivity index (χ4n) is 2.03. The first kappa shape index (κ1) is 14.0. The van der Waals surface area contributed by atoms with E-state index < -0.39 is 0 Å². The summed E-state index contributed by atoms with van der Waals surface area (Å²) in [5.74, 6) is -0.311. The summed E-state index contributed by atoms with van der Waals surface area (Å²) in [6.45, 7) is 6.09. The first-order valence-corrected chi connectivity index (χ1v) is 6.90. The second-order valence-corrected chi connectivity index (χ2v) is 5.52. The smallest absolute Gasteiger partial charge is 0.141 e. The highest BCUT2D eigenvalue weighted by Gasteiger charge is 2.08. The molecule has 0 amide bonds. The predicted octanol–water partition coefficient (Wildman–Crippen LogP) is 4.77. The minimum Gasteiger partial charge on any atom is -0.378 e. The zero-order chi connectivity index (χ0) is 14.0. The summed E-state index contributed by atoms with van der Waals surface area (Å²) < 4.78 is 14.3. The second kappa shape index (κ2) is 5.70. The van der Waals surface area contributed by atoms with E-state index in [9.17, 15) is 4.39 Å². The van der Waals surface area contributed by atoms with Crippen LogP contribution in [0.3, 0.4) is 0 Å². The minimum absolute atomic E-state index is 0.00294. The number of nitrogens with zero attached hydrogens (tertiary/aromatic N) is 1. The molecule has 2 nitrogen and oxygen atoms in total. The fourth-order valence-corrected chi connectivity index (χ4v) is 2.26. The van der Waals surface area contributed by atoms with Crippen molar-refractivity contribution in [3.63, 3.8) is 0 Å². The maximum absolute atomic E-state index is 13.2. The van der Waals surface area contributed by atoms with Gasteiger partial charge in [0.1, 0.15) is 5.82 Å². The van der Waals surface area contributed by atoms with Crippen LogP contribution in [0, 0.1) is 19.7 Å². The maximum atomic E-state index is 13.2. The summed E-state index contributed by atoms with van der Waals surface area (Å²) >= 11 is 3.55. The van der Waals surface area contributed by atoms with E-state index in [1.54, 1.807) is 6.20 Å². The third-order valence-corrected chi connectivity index (χ3v) is 4.30. The molecule has 1 aromatic heterocycles. The van der Waals surface area contributed by atoms with Crippen molar-refractivity contribution in [2.45, 2.75) is 26.8 Å². The fraction of sp³-hybridized carbons (Fsp3) is 0.267. The highest BCUT2D eigenvalue weighted by Crippen LogP contribution is 2.27. The number of benzene rings is 1. The Morgan fingerprint density at radius 1 is 1.16 bits per heavy atom. The van der Waals surface area contributed by atoms with Gasteiger partial charge in [0.2, 0.25) is 0 Å². The standard InChI is InChI=1S/C15H16BrFN2/c1-9-4-14(5-10(2)15(9)16)19-11(3)12-6-13(17)8-18-7-12/h4-8,11,19H,1-3H3. The van der Waals surface area contributed by atoms with Crippen LogP contribution in [0.4, 0.5) is 10.1 Å². The number of nitrogens with one attached hydrogen (secondary N) is 1. The van der Waals surface area contributed by atoms with Crippen LogP contribution in [0.2, 0.25) is 0 Å². The average Bonchev–Trinajstić information content (AvgIpc) is 2.36. The number of pyridine rings is 1. The Morgan fingerprint density at radius 3 is 2.37 bits per heavy atom. The van der Waals surface area contributed by atoms with E-state index in [2.05, 4.69) is 52.2 Å². The van der Waals surface area contributed by atoms with Gasteiger partial charge in [0.25, 0.3) is 0 Å². The lowest BCUT2D eigenvalue weighted by Crippen LogP contribution is -2.07. The van der Waals surface area contributed by atoms with Gasteiger partial charge >= 0.3 is 0 Å². The van der Waals surface area contributed by atoms with Gasteiger partial charge in [-0.2, -0.15) is 0 Å². The molecule has 19 heavy (non-hydrogen) atoms. The largest absolute Gasteiger partial charge is 0.378 e. The van der Waals surface area contributed by atoms with Crippen LogP contribution in [-0.4, -0.2) is 4.98 Å². The van der Waals surface area contributed by atoms with Gasteiger partial charge < -0.3 is 5.32 Å². The molecule has 0 saturated carbocycles. The molecule has 100 valence electrons. The highest BCUT2D eigenvalue weighted by molar-refractivity contribution is 9.10. The molecule has 0 bridgehead atoms. The molecule has 0 aliphatic carbocycles. The molecule has 1 atom stereocenters. The zero-order valence-electron chi connectivity index (χ0n) is 11.2. The summed E-state index contributed by atoms with van der Waals surface area (Å²) in [5, 5.41) is 3.37. The number of rotatable bonds is 3. The number of aromatic nitrogens is 1. The van der Waals surface area contributed by atoms with Crippen LogP contribution in [0.15, 0.2) is 35.1 Å². The molecule has 0 saturated heterocycles. The Balaban J connectivity index is 2.21.